The van der Waals surface area contributed by atoms with Crippen molar-refractivity contribution in [2.45, 2.75) is 19.8 Å². The van der Waals surface area contributed by atoms with Crippen molar-refractivity contribution in [3.8, 4) is 5.75 Å². The number of benzene rings is 2. The molecule has 2 amide bonds. The van der Waals surface area contributed by atoms with E-state index in [9.17, 15) is 14.4 Å². The zero-order valence-corrected chi connectivity index (χ0v) is 18.1. The molecule has 0 bridgehead atoms. The van der Waals surface area contributed by atoms with Gasteiger partial charge in [0.25, 0.3) is 5.91 Å². The van der Waals surface area contributed by atoms with Crippen LogP contribution < -0.4 is 10.1 Å². The maximum atomic E-state index is 12.4. The molecule has 1 heterocycles. The molecule has 0 aliphatic carbocycles. The number of likely N-dealkylation sites (tertiary alicyclic amines) is 1. The molecule has 0 spiro atoms. The number of amides is 2. The predicted octanol–water partition coefficient (Wildman–Crippen LogP) is 3.95. The van der Waals surface area contributed by atoms with Crippen LogP contribution in [0, 0.1) is 5.92 Å². The first-order chi connectivity index (χ1) is 14.9. The minimum absolute atomic E-state index is 0.0141. The fraction of sp³-hybridized carbons (Fsp3) is 0.292. The van der Waals surface area contributed by atoms with Crippen LogP contribution in [0.2, 0.25) is 5.02 Å². The highest BCUT2D eigenvalue weighted by Gasteiger charge is 2.22. The number of carbonyl (C=O) groups is 3. The molecular weight excluding hydrogens is 416 g/mol. The number of halogens is 1. The first-order valence-corrected chi connectivity index (χ1v) is 10.6. The molecule has 1 N–H and O–H groups in total. The Morgan fingerprint density at radius 1 is 1.13 bits per heavy atom. The van der Waals surface area contributed by atoms with E-state index in [0.717, 1.165) is 18.4 Å². The van der Waals surface area contributed by atoms with Crippen LogP contribution in [0.3, 0.4) is 0 Å². The van der Waals surface area contributed by atoms with Gasteiger partial charge in [-0.25, -0.2) is 0 Å². The van der Waals surface area contributed by atoms with Gasteiger partial charge >= 0.3 is 5.97 Å². The lowest BCUT2D eigenvalue weighted by atomic mass is 9.96. The number of hydrogen-bond donors (Lipinski definition) is 1. The molecule has 1 aliphatic rings. The van der Waals surface area contributed by atoms with Gasteiger partial charge in [0.1, 0.15) is 5.75 Å². The van der Waals surface area contributed by atoms with E-state index >= 15 is 0 Å². The molecule has 6 nitrogen and oxygen atoms in total. The normalized spacial score (nSPS) is 14.5. The summed E-state index contributed by atoms with van der Waals surface area (Å²) < 4.78 is 5.02. The van der Waals surface area contributed by atoms with Gasteiger partial charge in [-0.3, -0.25) is 14.4 Å². The van der Waals surface area contributed by atoms with Crippen molar-refractivity contribution in [3.63, 3.8) is 0 Å². The second kappa shape index (κ2) is 10.8. The van der Waals surface area contributed by atoms with Crippen molar-refractivity contribution in [1.82, 2.24) is 10.2 Å². The minimum atomic E-state index is -0.429. The first kappa shape index (κ1) is 22.6. The summed E-state index contributed by atoms with van der Waals surface area (Å²) in [5.41, 5.74) is 1.37. The summed E-state index contributed by atoms with van der Waals surface area (Å²) in [7, 11) is 0. The number of ether oxygens (including phenoxy) is 1. The highest BCUT2D eigenvalue weighted by Crippen LogP contribution is 2.18. The molecule has 2 aromatic rings. The van der Waals surface area contributed by atoms with Crippen LogP contribution in [0.4, 0.5) is 0 Å². The fourth-order valence-corrected chi connectivity index (χ4v) is 3.54. The van der Waals surface area contributed by atoms with E-state index in [4.69, 9.17) is 16.3 Å². The van der Waals surface area contributed by atoms with E-state index in [0.29, 0.717) is 41.9 Å². The molecule has 7 heteroatoms. The van der Waals surface area contributed by atoms with Crippen LogP contribution in [-0.4, -0.2) is 42.3 Å². The zero-order valence-electron chi connectivity index (χ0n) is 17.3. The summed E-state index contributed by atoms with van der Waals surface area (Å²) in [5, 5.41) is 3.60. The summed E-state index contributed by atoms with van der Waals surface area (Å²) in [6.45, 7) is 3.18. The average molecular weight is 441 g/mol. The number of hydrogen-bond acceptors (Lipinski definition) is 4. The SMILES string of the molecule is CC(=O)Oc1cccc(C(=O)NCC2CCN(C(=O)/C=C/c3ccc(Cl)cc3)CC2)c1. The monoisotopic (exact) mass is 440 g/mol. The Kier molecular flexibility index (Phi) is 7.84. The summed E-state index contributed by atoms with van der Waals surface area (Å²) in [5.74, 6) is 0.00326. The quantitative estimate of drug-likeness (QED) is 0.419. The molecular formula is C24H25ClN2O4. The van der Waals surface area contributed by atoms with Gasteiger partial charge in [-0.05, 0) is 60.7 Å². The smallest absolute Gasteiger partial charge is 0.308 e. The number of piperidine rings is 1. The number of esters is 1. The van der Waals surface area contributed by atoms with E-state index in [-0.39, 0.29) is 11.8 Å². The topological polar surface area (TPSA) is 75.7 Å². The van der Waals surface area contributed by atoms with Crippen molar-refractivity contribution < 1.29 is 19.1 Å². The van der Waals surface area contributed by atoms with E-state index in [1.54, 1.807) is 48.6 Å². The van der Waals surface area contributed by atoms with Gasteiger partial charge in [-0.15, -0.1) is 0 Å². The zero-order chi connectivity index (χ0) is 22.2. The number of nitrogens with one attached hydrogen (secondary N) is 1. The molecule has 0 aromatic heterocycles. The van der Waals surface area contributed by atoms with E-state index < -0.39 is 5.97 Å². The third-order valence-electron chi connectivity index (χ3n) is 5.12. The Balaban J connectivity index is 1.43. The molecule has 0 unspecified atom stereocenters. The summed E-state index contributed by atoms with van der Waals surface area (Å²) in [6, 6.07) is 13.8. The first-order valence-electron chi connectivity index (χ1n) is 10.2. The molecule has 2 aromatic carbocycles. The molecule has 0 atom stereocenters. The minimum Gasteiger partial charge on any atom is -0.427 e. The summed E-state index contributed by atoms with van der Waals surface area (Å²) >= 11 is 5.87. The van der Waals surface area contributed by atoms with E-state index in [2.05, 4.69) is 5.32 Å². The van der Waals surface area contributed by atoms with Crippen LogP contribution in [0.5, 0.6) is 5.75 Å². The lowest BCUT2D eigenvalue weighted by Gasteiger charge is -2.31. The van der Waals surface area contributed by atoms with Gasteiger partial charge in [0.15, 0.2) is 0 Å². The van der Waals surface area contributed by atoms with Crippen molar-refractivity contribution >= 4 is 35.5 Å². The molecule has 1 aliphatic heterocycles. The van der Waals surface area contributed by atoms with Crippen molar-refractivity contribution in [1.29, 1.82) is 0 Å². The van der Waals surface area contributed by atoms with Crippen LogP contribution >= 0.6 is 11.6 Å². The third kappa shape index (κ3) is 6.96. The number of carbonyl (C=O) groups excluding carboxylic acids is 3. The predicted molar refractivity (Wildman–Crippen MR) is 120 cm³/mol. The van der Waals surface area contributed by atoms with Crippen LogP contribution in [0.15, 0.2) is 54.6 Å². The Morgan fingerprint density at radius 2 is 1.84 bits per heavy atom. The van der Waals surface area contributed by atoms with Gasteiger partial charge in [0, 0.05) is 43.2 Å². The van der Waals surface area contributed by atoms with Crippen molar-refractivity contribution in [2.24, 2.45) is 5.92 Å². The molecule has 3 rings (SSSR count). The van der Waals surface area contributed by atoms with Gasteiger partial charge < -0.3 is 15.0 Å². The van der Waals surface area contributed by atoms with Gasteiger partial charge in [-0.2, -0.15) is 0 Å². The van der Waals surface area contributed by atoms with Crippen molar-refractivity contribution in [3.05, 3.63) is 70.8 Å². The third-order valence-corrected chi connectivity index (χ3v) is 5.38. The number of nitrogens with zero attached hydrogens (tertiary/aromatic N) is 1. The Labute approximate surface area is 186 Å². The molecule has 31 heavy (non-hydrogen) atoms. The van der Waals surface area contributed by atoms with Crippen molar-refractivity contribution in [2.75, 3.05) is 19.6 Å². The Bertz CT molecular complexity index is 964. The lowest BCUT2D eigenvalue weighted by Crippen LogP contribution is -2.41. The second-order valence-corrected chi connectivity index (χ2v) is 7.92. The highest BCUT2D eigenvalue weighted by molar-refractivity contribution is 6.30. The van der Waals surface area contributed by atoms with E-state index in [1.165, 1.54) is 6.92 Å². The number of rotatable bonds is 6. The molecule has 0 saturated carbocycles. The Hall–Kier alpha value is -3.12. The van der Waals surface area contributed by atoms with Crippen LogP contribution in [0.1, 0.15) is 35.7 Å². The maximum absolute atomic E-state index is 12.4. The molecule has 1 saturated heterocycles. The standard InChI is InChI=1S/C24H25ClN2O4/c1-17(28)31-22-4-2-3-20(15-22)24(30)26-16-19-11-13-27(14-12-19)23(29)10-7-18-5-8-21(25)9-6-18/h2-10,15,19H,11-14,16H2,1H3,(H,26,30)/b10-7+. The largest absolute Gasteiger partial charge is 0.427 e. The highest BCUT2D eigenvalue weighted by atomic mass is 35.5. The van der Waals surface area contributed by atoms with Gasteiger partial charge in [0.2, 0.25) is 5.91 Å². The Morgan fingerprint density at radius 3 is 2.52 bits per heavy atom. The van der Waals surface area contributed by atoms with Crippen LogP contribution in [-0.2, 0) is 9.59 Å². The summed E-state index contributed by atoms with van der Waals surface area (Å²) in [4.78, 5) is 37.7. The second-order valence-electron chi connectivity index (χ2n) is 7.49. The molecule has 162 valence electrons. The summed E-state index contributed by atoms with van der Waals surface area (Å²) in [6.07, 6.45) is 5.03. The molecule has 1 fully saturated rings. The van der Waals surface area contributed by atoms with Gasteiger partial charge in [0.05, 0.1) is 0 Å². The molecule has 0 radical (unpaired) electrons. The van der Waals surface area contributed by atoms with Gasteiger partial charge in [-0.1, -0.05) is 29.8 Å². The maximum Gasteiger partial charge on any atom is 0.308 e. The average Bonchev–Trinajstić information content (AvgIpc) is 2.77. The lowest BCUT2D eigenvalue weighted by molar-refractivity contribution is -0.132. The van der Waals surface area contributed by atoms with E-state index in [1.807, 2.05) is 17.0 Å². The van der Waals surface area contributed by atoms with Crippen LogP contribution in [0.25, 0.3) is 6.08 Å². The fourth-order valence-electron chi connectivity index (χ4n) is 3.41.